The van der Waals surface area contributed by atoms with Gasteiger partial charge in [0.15, 0.2) is 0 Å². The van der Waals surface area contributed by atoms with Crippen LogP contribution in [0.2, 0.25) is 5.02 Å². The van der Waals surface area contributed by atoms with Crippen LogP contribution in [0.1, 0.15) is 12.8 Å². The van der Waals surface area contributed by atoms with Gasteiger partial charge in [-0.15, -0.1) is 0 Å². The van der Waals surface area contributed by atoms with Gasteiger partial charge in [-0.25, -0.2) is 0 Å². The molecule has 0 N–H and O–H groups in total. The van der Waals surface area contributed by atoms with E-state index in [0.717, 1.165) is 5.69 Å². The Bertz CT molecular complexity index is 782. The molecule has 0 radical (unpaired) electrons. The summed E-state index contributed by atoms with van der Waals surface area (Å²) in [6.45, 7) is 0.858. The van der Waals surface area contributed by atoms with E-state index in [1.807, 2.05) is 30.3 Å². The van der Waals surface area contributed by atoms with Gasteiger partial charge in [-0.05, 0) is 36.8 Å². The molecule has 0 spiro atoms. The van der Waals surface area contributed by atoms with E-state index in [1.54, 1.807) is 36.2 Å². The number of hydrogen-bond acceptors (Lipinski definition) is 3. The van der Waals surface area contributed by atoms with Gasteiger partial charge < -0.3 is 14.5 Å². The first kappa shape index (κ1) is 18.3. The van der Waals surface area contributed by atoms with Gasteiger partial charge in [0, 0.05) is 24.3 Å². The molecule has 3 rings (SSSR count). The summed E-state index contributed by atoms with van der Waals surface area (Å²) in [5, 5.41) is 0.587. The number of ether oxygens (including phenoxy) is 1. The van der Waals surface area contributed by atoms with Crippen molar-refractivity contribution in [2.75, 3.05) is 25.1 Å². The van der Waals surface area contributed by atoms with Crippen molar-refractivity contribution < 1.29 is 14.3 Å². The van der Waals surface area contributed by atoms with Crippen molar-refractivity contribution in [3.8, 4) is 5.75 Å². The summed E-state index contributed by atoms with van der Waals surface area (Å²) in [7, 11) is 1.68. The maximum atomic E-state index is 12.7. The number of rotatable bonds is 6. The molecule has 0 aromatic heterocycles. The molecule has 1 aliphatic heterocycles. The van der Waals surface area contributed by atoms with Crippen molar-refractivity contribution in [3.63, 3.8) is 0 Å². The van der Waals surface area contributed by atoms with Crippen LogP contribution in [0.25, 0.3) is 0 Å². The molecule has 0 saturated carbocycles. The fourth-order valence-electron chi connectivity index (χ4n) is 3.05. The molecule has 1 unspecified atom stereocenters. The van der Waals surface area contributed by atoms with Crippen molar-refractivity contribution >= 4 is 29.1 Å². The molecule has 2 aromatic rings. The number of hydrogen-bond donors (Lipinski definition) is 0. The Morgan fingerprint density at radius 2 is 2.00 bits per heavy atom. The lowest BCUT2D eigenvalue weighted by atomic mass is 10.2. The Morgan fingerprint density at radius 1 is 1.23 bits per heavy atom. The Morgan fingerprint density at radius 3 is 2.73 bits per heavy atom. The molecule has 1 aliphatic rings. The van der Waals surface area contributed by atoms with E-state index in [4.69, 9.17) is 16.3 Å². The number of para-hydroxylation sites is 1. The first-order chi connectivity index (χ1) is 12.6. The van der Waals surface area contributed by atoms with E-state index in [-0.39, 0.29) is 24.8 Å². The van der Waals surface area contributed by atoms with Crippen LogP contribution in [0.4, 0.5) is 5.69 Å². The van der Waals surface area contributed by atoms with Crippen LogP contribution in [-0.2, 0) is 9.59 Å². The zero-order valence-corrected chi connectivity index (χ0v) is 15.4. The van der Waals surface area contributed by atoms with Crippen LogP contribution >= 0.6 is 11.6 Å². The predicted molar refractivity (Wildman–Crippen MR) is 102 cm³/mol. The largest absolute Gasteiger partial charge is 0.493 e. The van der Waals surface area contributed by atoms with Gasteiger partial charge in [-0.1, -0.05) is 35.9 Å². The van der Waals surface area contributed by atoms with Gasteiger partial charge in [0.25, 0.3) is 0 Å². The van der Waals surface area contributed by atoms with Crippen molar-refractivity contribution in [1.82, 2.24) is 4.90 Å². The van der Waals surface area contributed by atoms with Crippen molar-refractivity contribution in [2.45, 2.75) is 18.9 Å². The molecular formula is C20H21ClN2O3. The molecule has 0 bridgehead atoms. The van der Waals surface area contributed by atoms with Gasteiger partial charge in [0.05, 0.1) is 13.0 Å². The predicted octanol–water partition coefficient (Wildman–Crippen LogP) is 3.37. The lowest BCUT2D eigenvalue weighted by Crippen LogP contribution is -2.43. The third-order valence-electron chi connectivity index (χ3n) is 4.49. The fourth-order valence-corrected chi connectivity index (χ4v) is 3.23. The smallest absolute Gasteiger partial charge is 0.249 e. The van der Waals surface area contributed by atoms with Gasteiger partial charge in [-0.2, -0.15) is 0 Å². The second kappa shape index (κ2) is 8.23. The zero-order valence-electron chi connectivity index (χ0n) is 14.6. The number of nitrogens with zero attached hydrogens (tertiary/aromatic N) is 2. The summed E-state index contributed by atoms with van der Waals surface area (Å²) >= 11 is 5.91. The van der Waals surface area contributed by atoms with E-state index in [1.165, 1.54) is 4.90 Å². The highest BCUT2D eigenvalue weighted by Crippen LogP contribution is 2.24. The Labute approximate surface area is 158 Å². The molecule has 1 heterocycles. The first-order valence-electron chi connectivity index (χ1n) is 8.57. The maximum absolute atomic E-state index is 12.7. The van der Waals surface area contributed by atoms with Crippen LogP contribution in [0.15, 0.2) is 54.6 Å². The number of benzene rings is 2. The average Bonchev–Trinajstić information content (AvgIpc) is 3.03. The highest BCUT2D eigenvalue weighted by Gasteiger charge is 2.36. The number of carbonyl (C=O) groups excluding carboxylic acids is 2. The molecule has 2 aromatic carbocycles. The highest BCUT2D eigenvalue weighted by atomic mass is 35.5. The Kier molecular flexibility index (Phi) is 5.78. The third kappa shape index (κ3) is 4.17. The van der Waals surface area contributed by atoms with Crippen LogP contribution < -0.4 is 9.64 Å². The second-order valence-electron chi connectivity index (χ2n) is 6.19. The Balaban J connectivity index is 1.53. The van der Waals surface area contributed by atoms with Gasteiger partial charge in [-0.3, -0.25) is 9.59 Å². The number of likely N-dealkylation sites (N-methyl/N-ethyl adjacent to an activating group) is 1. The molecule has 136 valence electrons. The van der Waals surface area contributed by atoms with Crippen LogP contribution in [-0.4, -0.2) is 43.0 Å². The van der Waals surface area contributed by atoms with E-state index >= 15 is 0 Å². The summed E-state index contributed by atoms with van der Waals surface area (Å²) in [5.74, 6) is 0.475. The quantitative estimate of drug-likeness (QED) is 0.781. The summed E-state index contributed by atoms with van der Waals surface area (Å²) in [6, 6.07) is 16.1. The molecule has 5 nitrogen and oxygen atoms in total. The average molecular weight is 373 g/mol. The standard InChI is InChI=1S/C20H21ClN2O3/c1-22(19(24)11-13-26-17-9-5-6-15(21)14-17)18-10-12-23(20(18)25)16-7-3-2-4-8-16/h2-9,14,18H,10-13H2,1H3. The van der Waals surface area contributed by atoms with E-state index in [0.29, 0.717) is 23.7 Å². The normalized spacial score (nSPS) is 16.6. The summed E-state index contributed by atoms with van der Waals surface area (Å²) in [5.41, 5.74) is 0.866. The number of anilines is 1. The van der Waals surface area contributed by atoms with E-state index < -0.39 is 6.04 Å². The lowest BCUT2D eigenvalue weighted by Gasteiger charge is -2.24. The van der Waals surface area contributed by atoms with E-state index in [2.05, 4.69) is 0 Å². The van der Waals surface area contributed by atoms with Crippen LogP contribution in [0, 0.1) is 0 Å². The number of amides is 2. The van der Waals surface area contributed by atoms with Crippen LogP contribution in [0.5, 0.6) is 5.75 Å². The molecule has 2 amide bonds. The number of halogens is 1. The SMILES string of the molecule is CN(C(=O)CCOc1cccc(Cl)c1)C1CCN(c2ccccc2)C1=O. The molecule has 6 heteroatoms. The monoisotopic (exact) mass is 372 g/mol. The molecule has 1 fully saturated rings. The molecule has 26 heavy (non-hydrogen) atoms. The highest BCUT2D eigenvalue weighted by molar-refractivity contribution is 6.30. The van der Waals surface area contributed by atoms with Gasteiger partial charge in [0.1, 0.15) is 11.8 Å². The van der Waals surface area contributed by atoms with Crippen molar-refractivity contribution in [2.24, 2.45) is 0 Å². The lowest BCUT2D eigenvalue weighted by molar-refractivity contribution is -0.137. The molecular weight excluding hydrogens is 352 g/mol. The number of carbonyl (C=O) groups is 2. The minimum absolute atomic E-state index is 0.0391. The topological polar surface area (TPSA) is 49.9 Å². The summed E-state index contributed by atoms with van der Waals surface area (Å²) < 4.78 is 5.56. The Hall–Kier alpha value is -2.53. The minimum atomic E-state index is -0.422. The van der Waals surface area contributed by atoms with Gasteiger partial charge in [0.2, 0.25) is 11.8 Å². The third-order valence-corrected chi connectivity index (χ3v) is 4.72. The van der Waals surface area contributed by atoms with Crippen molar-refractivity contribution in [1.29, 1.82) is 0 Å². The maximum Gasteiger partial charge on any atom is 0.249 e. The summed E-state index contributed by atoms with van der Waals surface area (Å²) in [4.78, 5) is 28.4. The molecule has 1 atom stereocenters. The van der Waals surface area contributed by atoms with Crippen LogP contribution in [0.3, 0.4) is 0 Å². The molecule has 1 saturated heterocycles. The molecule has 0 aliphatic carbocycles. The summed E-state index contributed by atoms with van der Waals surface area (Å²) in [6.07, 6.45) is 0.837. The minimum Gasteiger partial charge on any atom is -0.493 e. The van der Waals surface area contributed by atoms with Crippen molar-refractivity contribution in [3.05, 3.63) is 59.6 Å². The first-order valence-corrected chi connectivity index (χ1v) is 8.94. The van der Waals surface area contributed by atoms with Gasteiger partial charge >= 0.3 is 0 Å². The zero-order chi connectivity index (χ0) is 18.5. The second-order valence-corrected chi connectivity index (χ2v) is 6.63. The fraction of sp³-hybridized carbons (Fsp3) is 0.300. The van der Waals surface area contributed by atoms with E-state index in [9.17, 15) is 9.59 Å².